The van der Waals surface area contributed by atoms with Crippen molar-refractivity contribution < 1.29 is 23.5 Å². The highest BCUT2D eigenvalue weighted by atomic mass is 79.9. The fourth-order valence-corrected chi connectivity index (χ4v) is 4.32. The van der Waals surface area contributed by atoms with E-state index in [4.69, 9.17) is 5.11 Å². The first kappa shape index (κ1) is 22.3. The Labute approximate surface area is 174 Å². The van der Waals surface area contributed by atoms with Crippen LogP contribution in [-0.4, -0.2) is 40.1 Å². The summed E-state index contributed by atoms with van der Waals surface area (Å²) in [7, 11) is 0. The van der Waals surface area contributed by atoms with Gasteiger partial charge >= 0.3 is 6.09 Å². The molecule has 0 aliphatic heterocycles. The zero-order valence-corrected chi connectivity index (χ0v) is 18.0. The largest absolute Gasteiger partial charge is 0.465 e. The van der Waals surface area contributed by atoms with Crippen molar-refractivity contribution >= 4 is 39.3 Å². The Bertz CT molecular complexity index is 867. The van der Waals surface area contributed by atoms with E-state index in [-0.39, 0.29) is 18.9 Å². The third kappa shape index (κ3) is 5.75. The standard InChI is InChI=1S/C19H21BrF2N2O3S/c1-19(2,3)24(17(25)16-8-12(20)10-28-16)13(9-23-18(26)27)6-11-4-5-14(21)15(22)7-11/h4-5,7-8,10,13,23H,6,9H2,1-3H3,(H,26,27)/t13-/m0/s1. The van der Waals surface area contributed by atoms with Gasteiger partial charge in [0.05, 0.1) is 10.9 Å². The zero-order valence-electron chi connectivity index (χ0n) is 15.6. The number of carbonyl (C=O) groups excluding carboxylic acids is 1. The number of hydrogen-bond donors (Lipinski definition) is 2. The summed E-state index contributed by atoms with van der Waals surface area (Å²) in [5, 5.41) is 13.1. The van der Waals surface area contributed by atoms with Gasteiger partial charge in [-0.25, -0.2) is 13.6 Å². The highest BCUT2D eigenvalue weighted by Gasteiger charge is 2.35. The van der Waals surface area contributed by atoms with Gasteiger partial charge in [0.2, 0.25) is 0 Å². The average Bonchev–Trinajstić information content (AvgIpc) is 3.01. The fourth-order valence-electron chi connectivity index (χ4n) is 2.96. The van der Waals surface area contributed by atoms with Gasteiger partial charge in [0.15, 0.2) is 11.6 Å². The van der Waals surface area contributed by atoms with Crippen LogP contribution in [-0.2, 0) is 6.42 Å². The predicted molar refractivity (Wildman–Crippen MR) is 108 cm³/mol. The molecule has 1 aromatic carbocycles. The van der Waals surface area contributed by atoms with Crippen molar-refractivity contribution in [2.45, 2.75) is 38.8 Å². The van der Waals surface area contributed by atoms with Crippen molar-refractivity contribution in [3.8, 4) is 0 Å². The number of rotatable bonds is 6. The van der Waals surface area contributed by atoms with Crippen LogP contribution in [0.3, 0.4) is 0 Å². The molecule has 0 saturated heterocycles. The van der Waals surface area contributed by atoms with Crippen LogP contribution >= 0.6 is 27.3 Å². The van der Waals surface area contributed by atoms with Crippen molar-refractivity contribution in [2.24, 2.45) is 0 Å². The summed E-state index contributed by atoms with van der Waals surface area (Å²) in [5.41, 5.74) is -0.178. The number of nitrogens with zero attached hydrogens (tertiary/aromatic N) is 1. The van der Waals surface area contributed by atoms with Gasteiger partial charge in [-0.3, -0.25) is 4.79 Å². The summed E-state index contributed by atoms with van der Waals surface area (Å²) in [6, 6.07) is 4.61. The highest BCUT2D eigenvalue weighted by molar-refractivity contribution is 9.10. The van der Waals surface area contributed by atoms with Crippen molar-refractivity contribution in [1.82, 2.24) is 10.2 Å². The molecule has 0 aliphatic rings. The summed E-state index contributed by atoms with van der Waals surface area (Å²) >= 11 is 4.60. The van der Waals surface area contributed by atoms with Gasteiger partial charge in [-0.05, 0) is 66.9 Å². The molecule has 152 valence electrons. The van der Waals surface area contributed by atoms with Gasteiger partial charge in [0, 0.05) is 21.9 Å². The van der Waals surface area contributed by atoms with Crippen LogP contribution in [0.25, 0.3) is 0 Å². The third-order valence-electron chi connectivity index (χ3n) is 4.03. The van der Waals surface area contributed by atoms with E-state index in [2.05, 4.69) is 21.2 Å². The second kappa shape index (κ2) is 9.00. The van der Waals surface area contributed by atoms with Gasteiger partial charge in [-0.15, -0.1) is 11.3 Å². The summed E-state index contributed by atoms with van der Waals surface area (Å²) in [6.45, 7) is 5.47. The van der Waals surface area contributed by atoms with Crippen molar-refractivity contribution in [1.29, 1.82) is 0 Å². The zero-order chi connectivity index (χ0) is 21.1. The van der Waals surface area contributed by atoms with Crippen LogP contribution in [0.2, 0.25) is 0 Å². The fraction of sp³-hybridized carbons (Fsp3) is 0.368. The average molecular weight is 475 g/mol. The molecule has 28 heavy (non-hydrogen) atoms. The van der Waals surface area contributed by atoms with E-state index in [1.165, 1.54) is 17.4 Å². The molecule has 0 saturated carbocycles. The van der Waals surface area contributed by atoms with Crippen molar-refractivity contribution in [2.75, 3.05) is 6.54 Å². The second-order valence-electron chi connectivity index (χ2n) is 7.27. The molecule has 1 aromatic heterocycles. The van der Waals surface area contributed by atoms with E-state index in [9.17, 15) is 18.4 Å². The third-order valence-corrected chi connectivity index (χ3v) is 5.71. The Morgan fingerprint density at radius 3 is 2.43 bits per heavy atom. The predicted octanol–water partition coefficient (Wildman–Crippen LogP) is 4.91. The minimum atomic E-state index is -1.23. The van der Waals surface area contributed by atoms with Gasteiger partial charge in [0.1, 0.15) is 0 Å². The molecular formula is C19H21BrF2N2O3S. The lowest BCUT2D eigenvalue weighted by Gasteiger charge is -2.42. The highest BCUT2D eigenvalue weighted by Crippen LogP contribution is 2.27. The van der Waals surface area contributed by atoms with Gasteiger partial charge in [-0.2, -0.15) is 0 Å². The van der Waals surface area contributed by atoms with Crippen molar-refractivity contribution in [3.05, 3.63) is 56.2 Å². The SMILES string of the molecule is CC(C)(C)N(C(=O)c1cc(Br)cs1)[C@H](CNC(=O)O)Cc1ccc(F)c(F)c1. The summed E-state index contributed by atoms with van der Waals surface area (Å²) in [6.07, 6.45) is -1.07. The number of carbonyl (C=O) groups is 2. The van der Waals surface area contributed by atoms with E-state index in [1.807, 2.05) is 20.8 Å². The maximum atomic E-state index is 13.6. The van der Waals surface area contributed by atoms with Crippen LogP contribution < -0.4 is 5.32 Å². The molecule has 9 heteroatoms. The monoisotopic (exact) mass is 474 g/mol. The van der Waals surface area contributed by atoms with E-state index in [0.717, 1.165) is 16.6 Å². The molecule has 2 rings (SSSR count). The van der Waals surface area contributed by atoms with Crippen LogP contribution in [0.4, 0.5) is 13.6 Å². The van der Waals surface area contributed by atoms with E-state index >= 15 is 0 Å². The lowest BCUT2D eigenvalue weighted by atomic mass is 9.97. The number of carboxylic acid groups (broad SMARTS) is 1. The first-order valence-electron chi connectivity index (χ1n) is 8.47. The van der Waals surface area contributed by atoms with E-state index in [1.54, 1.807) is 16.3 Å². The molecule has 0 unspecified atom stereocenters. The summed E-state index contributed by atoms with van der Waals surface area (Å²) in [5.74, 6) is -2.21. The lowest BCUT2D eigenvalue weighted by molar-refractivity contribution is 0.0438. The first-order valence-corrected chi connectivity index (χ1v) is 10.1. The van der Waals surface area contributed by atoms with Gasteiger partial charge in [-0.1, -0.05) is 6.07 Å². The smallest absolute Gasteiger partial charge is 0.404 e. The minimum absolute atomic E-state index is 0.0517. The maximum Gasteiger partial charge on any atom is 0.404 e. The normalized spacial score (nSPS) is 12.5. The molecule has 0 radical (unpaired) electrons. The molecule has 0 spiro atoms. The van der Waals surface area contributed by atoms with Crippen LogP contribution in [0.5, 0.6) is 0 Å². The first-order chi connectivity index (χ1) is 13.0. The topological polar surface area (TPSA) is 69.6 Å². The Hall–Kier alpha value is -2.00. The lowest BCUT2D eigenvalue weighted by Crippen LogP contribution is -2.56. The Kier molecular flexibility index (Phi) is 7.16. The van der Waals surface area contributed by atoms with E-state index < -0.39 is 29.3 Å². The number of amides is 2. The number of hydrogen-bond acceptors (Lipinski definition) is 3. The van der Waals surface area contributed by atoms with Crippen LogP contribution in [0.15, 0.2) is 34.1 Å². The molecule has 2 N–H and O–H groups in total. The number of thiophene rings is 1. The number of nitrogens with one attached hydrogen (secondary N) is 1. The minimum Gasteiger partial charge on any atom is -0.465 e. The van der Waals surface area contributed by atoms with Gasteiger partial charge < -0.3 is 15.3 Å². The second-order valence-corrected chi connectivity index (χ2v) is 9.09. The molecule has 5 nitrogen and oxygen atoms in total. The van der Waals surface area contributed by atoms with Crippen LogP contribution in [0, 0.1) is 11.6 Å². The molecule has 1 atom stereocenters. The number of benzene rings is 1. The quantitative estimate of drug-likeness (QED) is 0.624. The van der Waals surface area contributed by atoms with Gasteiger partial charge in [0.25, 0.3) is 5.91 Å². The molecule has 0 fully saturated rings. The van der Waals surface area contributed by atoms with Crippen molar-refractivity contribution in [3.63, 3.8) is 0 Å². The Morgan fingerprint density at radius 2 is 1.93 bits per heavy atom. The molecule has 2 aromatic rings. The summed E-state index contributed by atoms with van der Waals surface area (Å²) in [4.78, 5) is 26.3. The maximum absolute atomic E-state index is 13.6. The number of halogens is 3. The molecular weight excluding hydrogens is 454 g/mol. The molecule has 2 amide bonds. The molecule has 1 heterocycles. The van der Waals surface area contributed by atoms with E-state index in [0.29, 0.717) is 10.4 Å². The van der Waals surface area contributed by atoms with Crippen LogP contribution in [0.1, 0.15) is 36.0 Å². The molecule has 0 aliphatic carbocycles. The Balaban J connectivity index is 2.41. The Morgan fingerprint density at radius 1 is 1.25 bits per heavy atom. The summed E-state index contributed by atoms with van der Waals surface area (Å²) < 4.78 is 27.7. The molecule has 0 bridgehead atoms.